The molecular weight excluding hydrogens is 278 g/mol. The molecule has 1 aromatic carbocycles. The summed E-state index contributed by atoms with van der Waals surface area (Å²) in [4.78, 5) is 24.3. The van der Waals surface area contributed by atoms with Crippen molar-refractivity contribution in [2.75, 3.05) is 6.54 Å². The van der Waals surface area contributed by atoms with Crippen LogP contribution in [0.3, 0.4) is 0 Å². The first-order valence-electron chi connectivity index (χ1n) is 6.66. The molecule has 0 bridgehead atoms. The lowest BCUT2D eigenvalue weighted by atomic mass is 10.2. The normalized spacial score (nSPS) is 10.4. The third kappa shape index (κ3) is 6.06. The van der Waals surface area contributed by atoms with E-state index >= 15 is 0 Å². The summed E-state index contributed by atoms with van der Waals surface area (Å²) in [5.41, 5.74) is 0.945. The van der Waals surface area contributed by atoms with Gasteiger partial charge in [0.25, 0.3) is 0 Å². The maximum Gasteiger partial charge on any atom is 0.410 e. The molecule has 0 aliphatic rings. The summed E-state index contributed by atoms with van der Waals surface area (Å²) in [7, 11) is 0. The Kier molecular flexibility index (Phi) is 7.09. The van der Waals surface area contributed by atoms with Gasteiger partial charge in [-0.3, -0.25) is 4.79 Å². The van der Waals surface area contributed by atoms with Gasteiger partial charge in [0.2, 0.25) is 5.24 Å². The van der Waals surface area contributed by atoms with Gasteiger partial charge in [0.1, 0.15) is 6.61 Å². The molecule has 1 amide bonds. The van der Waals surface area contributed by atoms with Crippen molar-refractivity contribution in [3.8, 4) is 0 Å². The number of carbonyl (C=O) groups excluding carboxylic acids is 2. The Balaban J connectivity index is 2.45. The number of ether oxygens (including phenoxy) is 1. The number of hydrogen-bond acceptors (Lipinski definition) is 3. The lowest BCUT2D eigenvalue weighted by Crippen LogP contribution is -2.38. The number of rotatable bonds is 7. The van der Waals surface area contributed by atoms with E-state index in [2.05, 4.69) is 0 Å². The van der Waals surface area contributed by atoms with Crippen LogP contribution in [0, 0.1) is 0 Å². The van der Waals surface area contributed by atoms with Gasteiger partial charge in [-0.1, -0.05) is 30.3 Å². The largest absolute Gasteiger partial charge is 0.445 e. The van der Waals surface area contributed by atoms with Crippen molar-refractivity contribution in [3.63, 3.8) is 0 Å². The molecule has 0 N–H and O–H groups in total. The second-order valence-corrected chi connectivity index (χ2v) is 5.21. The van der Waals surface area contributed by atoms with E-state index in [0.29, 0.717) is 13.0 Å². The summed E-state index contributed by atoms with van der Waals surface area (Å²) in [5, 5.41) is -0.383. The predicted octanol–water partition coefficient (Wildman–Crippen LogP) is 3.58. The van der Waals surface area contributed by atoms with Crippen LogP contribution in [-0.4, -0.2) is 28.8 Å². The molecule has 0 atom stereocenters. The molecule has 0 spiro atoms. The third-order valence-electron chi connectivity index (χ3n) is 2.84. The minimum atomic E-state index is -0.383. The van der Waals surface area contributed by atoms with Crippen molar-refractivity contribution in [3.05, 3.63) is 35.9 Å². The van der Waals surface area contributed by atoms with E-state index < -0.39 is 0 Å². The molecule has 0 saturated carbocycles. The van der Waals surface area contributed by atoms with Gasteiger partial charge in [-0.25, -0.2) is 4.79 Å². The number of benzene rings is 1. The Morgan fingerprint density at radius 3 is 2.45 bits per heavy atom. The minimum absolute atomic E-state index is 0.0173. The fourth-order valence-corrected chi connectivity index (χ4v) is 1.88. The molecule has 110 valence electrons. The lowest BCUT2D eigenvalue weighted by Gasteiger charge is -2.25. The Labute approximate surface area is 124 Å². The van der Waals surface area contributed by atoms with Crippen molar-refractivity contribution in [1.82, 2.24) is 4.90 Å². The zero-order valence-corrected chi connectivity index (χ0v) is 12.6. The summed E-state index contributed by atoms with van der Waals surface area (Å²) < 4.78 is 5.28. The van der Waals surface area contributed by atoms with Crippen molar-refractivity contribution in [2.45, 2.75) is 39.3 Å². The van der Waals surface area contributed by atoms with Crippen LogP contribution in [0.1, 0.15) is 32.3 Å². The molecule has 0 aliphatic carbocycles. The standard InChI is InChI=1S/C15H20ClNO3/c1-12(2)17(10-6-9-14(16)18)15(19)20-11-13-7-4-3-5-8-13/h3-5,7-8,12H,6,9-11H2,1-2H3. The third-order valence-corrected chi connectivity index (χ3v) is 3.02. The number of halogens is 1. The van der Waals surface area contributed by atoms with Crippen LogP contribution in [0.25, 0.3) is 0 Å². The van der Waals surface area contributed by atoms with Crippen LogP contribution in [-0.2, 0) is 16.1 Å². The molecule has 0 heterocycles. The summed E-state index contributed by atoms with van der Waals surface area (Å²) >= 11 is 5.29. The molecule has 4 nitrogen and oxygen atoms in total. The predicted molar refractivity (Wildman–Crippen MR) is 78.6 cm³/mol. The highest BCUT2D eigenvalue weighted by Crippen LogP contribution is 2.08. The maximum atomic E-state index is 12.0. The van der Waals surface area contributed by atoms with Crippen LogP contribution in [0.5, 0.6) is 0 Å². The van der Waals surface area contributed by atoms with Crippen LogP contribution >= 0.6 is 11.6 Å². The van der Waals surface area contributed by atoms with Crippen LogP contribution in [0.4, 0.5) is 4.79 Å². The smallest absolute Gasteiger partial charge is 0.410 e. The monoisotopic (exact) mass is 297 g/mol. The molecule has 0 aromatic heterocycles. The Morgan fingerprint density at radius 1 is 1.25 bits per heavy atom. The zero-order chi connectivity index (χ0) is 15.0. The van der Waals surface area contributed by atoms with Crippen molar-refractivity contribution >= 4 is 22.9 Å². The minimum Gasteiger partial charge on any atom is -0.445 e. The molecule has 1 rings (SSSR count). The summed E-state index contributed by atoms with van der Waals surface area (Å²) in [6.45, 7) is 4.53. The molecule has 0 aliphatic heterocycles. The highest BCUT2D eigenvalue weighted by atomic mass is 35.5. The first-order chi connectivity index (χ1) is 9.50. The van der Waals surface area contributed by atoms with Gasteiger partial charge in [-0.15, -0.1) is 0 Å². The van der Waals surface area contributed by atoms with Crippen LogP contribution in [0.2, 0.25) is 0 Å². The van der Waals surface area contributed by atoms with E-state index in [1.807, 2.05) is 44.2 Å². The van der Waals surface area contributed by atoms with Gasteiger partial charge in [0, 0.05) is 19.0 Å². The lowest BCUT2D eigenvalue weighted by molar-refractivity contribution is -0.111. The van der Waals surface area contributed by atoms with Gasteiger partial charge in [0.15, 0.2) is 0 Å². The molecular formula is C15H20ClNO3. The topological polar surface area (TPSA) is 46.6 Å². The van der Waals surface area contributed by atoms with E-state index in [0.717, 1.165) is 5.56 Å². The molecule has 0 fully saturated rings. The summed E-state index contributed by atoms with van der Waals surface area (Å²) in [5.74, 6) is 0. The summed E-state index contributed by atoms with van der Waals surface area (Å²) in [6.07, 6.45) is 0.434. The van der Waals surface area contributed by atoms with Gasteiger partial charge < -0.3 is 9.64 Å². The zero-order valence-electron chi connectivity index (χ0n) is 11.8. The number of hydrogen-bond donors (Lipinski definition) is 0. The highest BCUT2D eigenvalue weighted by molar-refractivity contribution is 6.63. The maximum absolute atomic E-state index is 12.0. The molecule has 5 heteroatoms. The number of nitrogens with zero attached hydrogens (tertiary/aromatic N) is 1. The fraction of sp³-hybridized carbons (Fsp3) is 0.467. The average molecular weight is 298 g/mol. The van der Waals surface area contributed by atoms with Gasteiger partial charge in [-0.2, -0.15) is 0 Å². The Bertz CT molecular complexity index is 434. The quantitative estimate of drug-likeness (QED) is 0.723. The van der Waals surface area contributed by atoms with E-state index in [1.54, 1.807) is 4.90 Å². The first-order valence-corrected chi connectivity index (χ1v) is 7.04. The van der Waals surface area contributed by atoms with Gasteiger partial charge in [0.05, 0.1) is 0 Å². The molecule has 20 heavy (non-hydrogen) atoms. The molecule has 0 radical (unpaired) electrons. The van der Waals surface area contributed by atoms with Crippen molar-refractivity contribution < 1.29 is 14.3 Å². The van der Waals surface area contributed by atoms with Gasteiger partial charge in [-0.05, 0) is 37.4 Å². The molecule has 0 saturated heterocycles. The Morgan fingerprint density at radius 2 is 1.90 bits per heavy atom. The van der Waals surface area contributed by atoms with E-state index in [1.165, 1.54) is 0 Å². The molecule has 0 unspecified atom stereocenters. The fourth-order valence-electron chi connectivity index (χ4n) is 1.75. The number of carbonyl (C=O) groups is 2. The van der Waals surface area contributed by atoms with Crippen molar-refractivity contribution in [2.24, 2.45) is 0 Å². The second-order valence-electron chi connectivity index (χ2n) is 4.79. The second kappa shape index (κ2) is 8.59. The first kappa shape index (κ1) is 16.5. The number of amides is 1. The van der Waals surface area contributed by atoms with Gasteiger partial charge >= 0.3 is 6.09 Å². The molecule has 1 aromatic rings. The van der Waals surface area contributed by atoms with Crippen LogP contribution in [0.15, 0.2) is 30.3 Å². The average Bonchev–Trinajstić information content (AvgIpc) is 2.41. The SMILES string of the molecule is CC(C)N(CCCC(=O)Cl)C(=O)OCc1ccccc1. The highest BCUT2D eigenvalue weighted by Gasteiger charge is 2.18. The van der Waals surface area contributed by atoms with E-state index in [4.69, 9.17) is 16.3 Å². The van der Waals surface area contributed by atoms with Crippen molar-refractivity contribution in [1.29, 1.82) is 0 Å². The van der Waals surface area contributed by atoms with E-state index in [9.17, 15) is 9.59 Å². The van der Waals surface area contributed by atoms with Crippen LogP contribution < -0.4 is 0 Å². The van der Waals surface area contributed by atoms with E-state index in [-0.39, 0.29) is 30.4 Å². The Hall–Kier alpha value is -1.55. The summed E-state index contributed by atoms with van der Waals surface area (Å²) in [6, 6.07) is 9.53.